The third-order valence-corrected chi connectivity index (χ3v) is 1.93. The van der Waals surface area contributed by atoms with Crippen molar-refractivity contribution in [2.75, 3.05) is 39.6 Å². The summed E-state index contributed by atoms with van der Waals surface area (Å²) in [5.41, 5.74) is 0. The minimum atomic E-state index is 0.00623. The second kappa shape index (κ2) is 6.95. The average molecular weight is 255 g/mol. The Kier molecular flexibility index (Phi) is 5.57. The van der Waals surface area contributed by atoms with E-state index in [4.69, 9.17) is 9.47 Å². The van der Waals surface area contributed by atoms with E-state index in [0.717, 1.165) is 6.54 Å². The molecule has 0 fully saturated rings. The zero-order valence-corrected chi connectivity index (χ0v) is 11.6. The van der Waals surface area contributed by atoms with Gasteiger partial charge < -0.3 is 19.7 Å². The molecule has 1 aromatic heterocycles. The van der Waals surface area contributed by atoms with Gasteiger partial charge in [-0.25, -0.2) is 0 Å². The summed E-state index contributed by atoms with van der Waals surface area (Å²) >= 11 is 0. The van der Waals surface area contributed by atoms with Gasteiger partial charge in [0.1, 0.15) is 6.61 Å². The number of likely N-dealkylation sites (N-methyl/N-ethyl adjacent to an activating group) is 1. The van der Waals surface area contributed by atoms with Gasteiger partial charge in [-0.3, -0.25) is 0 Å². The normalized spacial score (nSPS) is 10.8. The van der Waals surface area contributed by atoms with E-state index < -0.39 is 0 Å². The topological polar surface area (TPSA) is 72.4 Å². The van der Waals surface area contributed by atoms with Crippen molar-refractivity contribution in [2.24, 2.45) is 0 Å². The number of hydrogen-bond donors (Lipinski definition) is 1. The molecule has 0 unspecified atom stereocenters. The van der Waals surface area contributed by atoms with Gasteiger partial charge in [0.15, 0.2) is 0 Å². The molecule has 0 aliphatic rings. The molecule has 7 nitrogen and oxygen atoms in total. The molecule has 0 radical (unpaired) electrons. The lowest BCUT2D eigenvalue weighted by Gasteiger charge is -2.12. The molecule has 0 atom stereocenters. The smallest absolute Gasteiger partial charge is 0.324 e. The molecule has 0 spiro atoms. The first-order valence-corrected chi connectivity index (χ1v) is 5.89. The highest BCUT2D eigenvalue weighted by Crippen LogP contribution is 2.13. The fourth-order valence-electron chi connectivity index (χ4n) is 1.10. The molecule has 102 valence electrons. The maximum absolute atomic E-state index is 5.46. The van der Waals surface area contributed by atoms with Crippen LogP contribution in [-0.4, -0.2) is 60.3 Å². The molecule has 1 heterocycles. The van der Waals surface area contributed by atoms with Crippen molar-refractivity contribution in [3.63, 3.8) is 0 Å². The van der Waals surface area contributed by atoms with Crippen molar-refractivity contribution in [1.82, 2.24) is 19.9 Å². The first-order chi connectivity index (χ1) is 8.51. The van der Waals surface area contributed by atoms with Crippen LogP contribution in [0.5, 0.6) is 12.0 Å². The van der Waals surface area contributed by atoms with Crippen LogP contribution in [0.25, 0.3) is 0 Å². The van der Waals surface area contributed by atoms with Gasteiger partial charge in [0, 0.05) is 13.6 Å². The highest BCUT2D eigenvalue weighted by atomic mass is 16.5. The summed E-state index contributed by atoms with van der Waals surface area (Å²) in [4.78, 5) is 14.3. The molecule has 1 rings (SSSR count). The molecule has 0 saturated heterocycles. The van der Waals surface area contributed by atoms with Crippen molar-refractivity contribution in [2.45, 2.75) is 20.0 Å². The summed E-state index contributed by atoms with van der Waals surface area (Å²) in [6, 6.07) is 0.538. The molecule has 7 heteroatoms. The molecule has 0 aromatic carbocycles. The second-order valence-electron chi connectivity index (χ2n) is 4.29. The Balaban J connectivity index is 2.70. The van der Waals surface area contributed by atoms with Gasteiger partial charge in [-0.1, -0.05) is 0 Å². The van der Waals surface area contributed by atoms with Crippen LogP contribution in [-0.2, 0) is 0 Å². The Hall–Kier alpha value is -1.63. The summed E-state index contributed by atoms with van der Waals surface area (Å²) in [6.07, 6.45) is 0.00623. The van der Waals surface area contributed by atoms with E-state index in [1.165, 1.54) is 0 Å². The van der Waals surface area contributed by atoms with E-state index in [-0.39, 0.29) is 18.1 Å². The molecule has 0 aliphatic carbocycles. The summed E-state index contributed by atoms with van der Waals surface area (Å²) in [5, 5.41) is 2.85. The van der Waals surface area contributed by atoms with E-state index in [9.17, 15) is 0 Å². The number of ether oxygens (including phenoxy) is 2. The van der Waals surface area contributed by atoms with E-state index in [2.05, 4.69) is 20.3 Å². The molecule has 0 saturated carbocycles. The van der Waals surface area contributed by atoms with Gasteiger partial charge in [-0.2, -0.15) is 9.97 Å². The average Bonchev–Trinajstić information content (AvgIpc) is 2.27. The van der Waals surface area contributed by atoms with Crippen LogP contribution >= 0.6 is 0 Å². The van der Waals surface area contributed by atoms with Crippen LogP contribution in [0.2, 0.25) is 0 Å². The Labute approximate surface area is 108 Å². The van der Waals surface area contributed by atoms with Gasteiger partial charge in [0.25, 0.3) is 0 Å². The summed E-state index contributed by atoms with van der Waals surface area (Å²) in [5.74, 6) is 0.431. The maximum Gasteiger partial charge on any atom is 0.324 e. The van der Waals surface area contributed by atoms with Gasteiger partial charge in [0.05, 0.1) is 6.10 Å². The molecule has 1 N–H and O–H groups in total. The van der Waals surface area contributed by atoms with Crippen molar-refractivity contribution < 1.29 is 9.47 Å². The molecule has 0 bridgehead atoms. The molecule has 0 aliphatic heterocycles. The van der Waals surface area contributed by atoms with E-state index in [1.54, 1.807) is 7.05 Å². The predicted octanol–water partition coefficient (Wildman–Crippen LogP) is 0.641. The highest BCUT2D eigenvalue weighted by Gasteiger charge is 2.09. The van der Waals surface area contributed by atoms with Crippen LogP contribution in [0, 0.1) is 0 Å². The van der Waals surface area contributed by atoms with E-state index in [0.29, 0.717) is 12.6 Å². The monoisotopic (exact) mass is 255 g/mol. The molecule has 0 amide bonds. The van der Waals surface area contributed by atoms with Gasteiger partial charge in [-0.05, 0) is 27.9 Å². The van der Waals surface area contributed by atoms with Crippen molar-refractivity contribution in [1.29, 1.82) is 0 Å². The lowest BCUT2D eigenvalue weighted by Crippen LogP contribution is -2.20. The lowest BCUT2D eigenvalue weighted by molar-refractivity contribution is 0.208. The summed E-state index contributed by atoms with van der Waals surface area (Å²) in [7, 11) is 5.68. The van der Waals surface area contributed by atoms with Crippen molar-refractivity contribution >= 4 is 5.95 Å². The van der Waals surface area contributed by atoms with Gasteiger partial charge >= 0.3 is 12.0 Å². The standard InChI is InChI=1S/C11H21N5O2/c1-8(2)18-11-14-9(12-3)13-10(15-11)17-7-6-16(4)5/h8H,6-7H2,1-5H3,(H,12,13,14,15). The number of rotatable bonds is 7. The van der Waals surface area contributed by atoms with E-state index >= 15 is 0 Å². The Morgan fingerprint density at radius 1 is 1.17 bits per heavy atom. The first-order valence-electron chi connectivity index (χ1n) is 5.89. The molecular weight excluding hydrogens is 234 g/mol. The number of nitrogens with one attached hydrogen (secondary N) is 1. The third-order valence-electron chi connectivity index (χ3n) is 1.93. The number of aromatic nitrogens is 3. The second-order valence-corrected chi connectivity index (χ2v) is 4.29. The van der Waals surface area contributed by atoms with E-state index in [1.807, 2.05) is 32.8 Å². The minimum absolute atomic E-state index is 0.00623. The van der Waals surface area contributed by atoms with Crippen LogP contribution in [0.3, 0.4) is 0 Å². The van der Waals surface area contributed by atoms with Crippen molar-refractivity contribution in [3.8, 4) is 12.0 Å². The fourth-order valence-corrected chi connectivity index (χ4v) is 1.10. The molecular formula is C11H21N5O2. The van der Waals surface area contributed by atoms with Crippen LogP contribution in [0.1, 0.15) is 13.8 Å². The SMILES string of the molecule is CNc1nc(OCCN(C)C)nc(OC(C)C)n1. The number of hydrogen-bond acceptors (Lipinski definition) is 7. The number of nitrogens with zero attached hydrogens (tertiary/aromatic N) is 4. The minimum Gasteiger partial charge on any atom is -0.462 e. The Morgan fingerprint density at radius 3 is 2.39 bits per heavy atom. The van der Waals surface area contributed by atoms with Crippen LogP contribution in [0.4, 0.5) is 5.95 Å². The summed E-state index contributed by atoms with van der Waals surface area (Å²) < 4.78 is 10.9. The number of anilines is 1. The highest BCUT2D eigenvalue weighted by molar-refractivity contribution is 5.26. The quantitative estimate of drug-likeness (QED) is 0.766. The van der Waals surface area contributed by atoms with Gasteiger partial charge in [0.2, 0.25) is 5.95 Å². The van der Waals surface area contributed by atoms with Crippen molar-refractivity contribution in [3.05, 3.63) is 0 Å². The first kappa shape index (κ1) is 14.4. The molecule has 1 aromatic rings. The zero-order valence-electron chi connectivity index (χ0n) is 11.6. The third kappa shape index (κ3) is 5.13. The fraction of sp³-hybridized carbons (Fsp3) is 0.727. The summed E-state index contributed by atoms with van der Waals surface area (Å²) in [6.45, 7) is 5.13. The molecule has 18 heavy (non-hydrogen) atoms. The Morgan fingerprint density at radius 2 is 1.83 bits per heavy atom. The Bertz CT molecular complexity index is 370. The van der Waals surface area contributed by atoms with Gasteiger partial charge in [-0.15, -0.1) is 4.98 Å². The lowest BCUT2D eigenvalue weighted by atomic mass is 10.5. The zero-order chi connectivity index (χ0) is 13.5. The largest absolute Gasteiger partial charge is 0.462 e. The van der Waals surface area contributed by atoms with Crippen LogP contribution in [0.15, 0.2) is 0 Å². The predicted molar refractivity (Wildman–Crippen MR) is 69.2 cm³/mol. The maximum atomic E-state index is 5.46. The van der Waals surface area contributed by atoms with Crippen LogP contribution < -0.4 is 14.8 Å².